The molecule has 0 spiro atoms. The normalized spacial score (nSPS) is 31.8. The number of hydrogen-bond acceptors (Lipinski definition) is 9. The lowest BCUT2D eigenvalue weighted by Crippen LogP contribution is -2.35. The molecule has 2 unspecified atom stereocenters. The van der Waals surface area contributed by atoms with Crippen molar-refractivity contribution < 1.29 is 35.6 Å². The fraction of sp³-hybridized carbons (Fsp3) is 1.00. The maximum atomic E-state index is 8.88. The van der Waals surface area contributed by atoms with Crippen LogP contribution >= 0.6 is 0 Å². The molecule has 0 aromatic heterocycles. The first kappa shape index (κ1) is 12.7. The second-order valence-electron chi connectivity index (χ2n) is 3.31. The van der Waals surface area contributed by atoms with Crippen LogP contribution in [0.4, 0.5) is 0 Å². The molecule has 0 saturated heterocycles. The Hall–Kier alpha value is -0.360. The van der Waals surface area contributed by atoms with Gasteiger partial charge in [-0.15, -0.1) is 0 Å². The standard InChI is InChI=1S/C6H14N2O7/c9-3-4-1-5(14-7(10)11)6(2-4)15-8(12)13/h4-6,9-13H,1-3H2. The second-order valence-corrected chi connectivity index (χ2v) is 3.31. The molecule has 0 heterocycles. The summed E-state index contributed by atoms with van der Waals surface area (Å²) in [6, 6.07) is 0. The van der Waals surface area contributed by atoms with Crippen LogP contribution in [0.5, 0.6) is 0 Å². The summed E-state index contributed by atoms with van der Waals surface area (Å²) in [5, 5.41) is 41.7. The van der Waals surface area contributed by atoms with Gasteiger partial charge in [-0.2, -0.15) is 0 Å². The summed E-state index contributed by atoms with van der Waals surface area (Å²) >= 11 is 0. The molecule has 0 aromatic rings. The molecular formula is C6H14N2O7. The summed E-state index contributed by atoms with van der Waals surface area (Å²) in [5.74, 6) is -0.153. The van der Waals surface area contributed by atoms with Crippen molar-refractivity contribution in [2.45, 2.75) is 25.0 Å². The second kappa shape index (κ2) is 5.65. The zero-order chi connectivity index (χ0) is 11.4. The maximum absolute atomic E-state index is 8.88. The van der Waals surface area contributed by atoms with Gasteiger partial charge in [-0.1, -0.05) is 0 Å². The molecule has 1 aliphatic carbocycles. The van der Waals surface area contributed by atoms with E-state index in [2.05, 4.69) is 9.68 Å². The van der Waals surface area contributed by atoms with Crippen molar-refractivity contribution in [2.24, 2.45) is 5.92 Å². The number of rotatable bonds is 5. The van der Waals surface area contributed by atoms with Crippen molar-refractivity contribution in [3.63, 3.8) is 0 Å². The SMILES string of the molecule is OCC1CC(ON(O)O)C(ON(O)O)C1. The van der Waals surface area contributed by atoms with Gasteiger partial charge in [0.05, 0.1) is 10.8 Å². The van der Waals surface area contributed by atoms with E-state index >= 15 is 0 Å². The molecule has 1 fully saturated rings. The first-order valence-electron chi connectivity index (χ1n) is 4.33. The van der Waals surface area contributed by atoms with Crippen molar-refractivity contribution >= 4 is 0 Å². The minimum Gasteiger partial charge on any atom is -0.396 e. The minimum absolute atomic E-state index is 0.118. The van der Waals surface area contributed by atoms with E-state index in [1.165, 1.54) is 0 Å². The Morgan fingerprint density at radius 1 is 0.933 bits per heavy atom. The largest absolute Gasteiger partial charge is 0.396 e. The van der Waals surface area contributed by atoms with Gasteiger partial charge in [0, 0.05) is 6.61 Å². The highest BCUT2D eigenvalue weighted by molar-refractivity contribution is 4.84. The van der Waals surface area contributed by atoms with Crippen LogP contribution in [0, 0.1) is 5.92 Å². The van der Waals surface area contributed by atoms with E-state index in [1.807, 2.05) is 0 Å². The molecule has 2 atom stereocenters. The highest BCUT2D eigenvalue weighted by Crippen LogP contribution is 2.30. The Morgan fingerprint density at radius 3 is 1.60 bits per heavy atom. The summed E-state index contributed by atoms with van der Waals surface area (Å²) in [6.07, 6.45) is -0.933. The van der Waals surface area contributed by atoms with Gasteiger partial charge in [0.2, 0.25) is 0 Å². The van der Waals surface area contributed by atoms with Crippen molar-refractivity contribution in [3.05, 3.63) is 0 Å². The highest BCUT2D eigenvalue weighted by atomic mass is 17.1. The zero-order valence-electron chi connectivity index (χ0n) is 7.80. The average Bonchev–Trinajstić information content (AvgIpc) is 2.46. The van der Waals surface area contributed by atoms with Crippen LogP contribution in [-0.2, 0) is 9.68 Å². The first-order valence-corrected chi connectivity index (χ1v) is 4.33. The number of aliphatic hydroxyl groups is 1. The summed E-state index contributed by atoms with van der Waals surface area (Å²) in [7, 11) is 0. The topological polar surface area (TPSA) is 126 Å². The third kappa shape index (κ3) is 3.95. The van der Waals surface area contributed by atoms with Gasteiger partial charge in [-0.3, -0.25) is 20.8 Å². The van der Waals surface area contributed by atoms with Crippen LogP contribution in [0.1, 0.15) is 12.8 Å². The number of hydrogen-bond donors (Lipinski definition) is 5. The van der Waals surface area contributed by atoms with E-state index in [9.17, 15) is 0 Å². The van der Waals surface area contributed by atoms with Crippen molar-refractivity contribution in [3.8, 4) is 0 Å². The van der Waals surface area contributed by atoms with E-state index < -0.39 is 23.0 Å². The van der Waals surface area contributed by atoms with Gasteiger partial charge in [-0.05, 0) is 18.8 Å². The lowest BCUT2D eigenvalue weighted by atomic mass is 10.1. The smallest absolute Gasteiger partial charge is 0.113 e. The molecule has 0 amide bonds. The highest BCUT2D eigenvalue weighted by Gasteiger charge is 2.38. The Morgan fingerprint density at radius 2 is 1.33 bits per heavy atom. The van der Waals surface area contributed by atoms with Crippen LogP contribution in [0.15, 0.2) is 0 Å². The Kier molecular flexibility index (Phi) is 4.79. The molecule has 1 aliphatic rings. The van der Waals surface area contributed by atoms with Crippen molar-refractivity contribution in [1.29, 1.82) is 0 Å². The van der Waals surface area contributed by atoms with Gasteiger partial charge < -0.3 is 5.11 Å². The average molecular weight is 226 g/mol. The molecule has 1 saturated carbocycles. The Bertz CT molecular complexity index is 172. The Balaban J connectivity index is 2.49. The molecule has 0 radical (unpaired) electrons. The molecule has 5 N–H and O–H groups in total. The molecule has 9 nitrogen and oxygen atoms in total. The number of aliphatic hydroxyl groups excluding tert-OH is 1. The molecular weight excluding hydrogens is 212 g/mol. The van der Waals surface area contributed by atoms with E-state index in [0.717, 1.165) is 0 Å². The van der Waals surface area contributed by atoms with Crippen molar-refractivity contribution in [1.82, 2.24) is 10.8 Å². The summed E-state index contributed by atoms with van der Waals surface area (Å²) < 4.78 is 0. The van der Waals surface area contributed by atoms with Gasteiger partial charge in [0.25, 0.3) is 0 Å². The summed E-state index contributed by atoms with van der Waals surface area (Å²) in [4.78, 5) is 9.03. The predicted octanol–water partition coefficient (Wildman–Crippen LogP) is -0.850. The van der Waals surface area contributed by atoms with E-state index in [0.29, 0.717) is 12.8 Å². The Labute approximate surface area is 85.0 Å². The van der Waals surface area contributed by atoms with Gasteiger partial charge in [0.15, 0.2) is 0 Å². The molecule has 0 aliphatic heterocycles. The van der Waals surface area contributed by atoms with Crippen LogP contribution in [0.2, 0.25) is 0 Å². The lowest BCUT2D eigenvalue weighted by Gasteiger charge is -2.20. The van der Waals surface area contributed by atoms with Gasteiger partial charge in [-0.25, -0.2) is 9.68 Å². The molecule has 90 valence electrons. The van der Waals surface area contributed by atoms with Crippen molar-refractivity contribution in [2.75, 3.05) is 6.61 Å². The monoisotopic (exact) mass is 226 g/mol. The molecule has 9 heteroatoms. The quantitative estimate of drug-likeness (QED) is 0.381. The predicted molar refractivity (Wildman–Crippen MR) is 40.4 cm³/mol. The van der Waals surface area contributed by atoms with E-state index in [4.69, 9.17) is 25.9 Å². The minimum atomic E-state index is -0.779. The van der Waals surface area contributed by atoms with Crippen LogP contribution in [-0.4, -0.2) is 55.5 Å². The third-order valence-electron chi connectivity index (χ3n) is 2.26. The lowest BCUT2D eigenvalue weighted by molar-refractivity contribution is -0.535. The fourth-order valence-electron chi connectivity index (χ4n) is 1.67. The number of nitrogens with zero attached hydrogens (tertiary/aromatic N) is 2. The molecule has 15 heavy (non-hydrogen) atoms. The van der Waals surface area contributed by atoms with Crippen LogP contribution < -0.4 is 0 Å². The van der Waals surface area contributed by atoms with E-state index in [-0.39, 0.29) is 12.5 Å². The van der Waals surface area contributed by atoms with Gasteiger partial charge in [0.1, 0.15) is 12.2 Å². The molecule has 1 rings (SSSR count). The zero-order valence-corrected chi connectivity index (χ0v) is 7.80. The summed E-state index contributed by atoms with van der Waals surface area (Å²) in [6.45, 7) is -0.118. The third-order valence-corrected chi connectivity index (χ3v) is 2.26. The molecule has 0 aromatic carbocycles. The van der Waals surface area contributed by atoms with E-state index in [1.54, 1.807) is 0 Å². The first-order chi connectivity index (χ1) is 7.02. The molecule has 0 bridgehead atoms. The van der Waals surface area contributed by atoms with Crippen LogP contribution in [0.25, 0.3) is 0 Å². The van der Waals surface area contributed by atoms with Crippen LogP contribution in [0.3, 0.4) is 0 Å². The summed E-state index contributed by atoms with van der Waals surface area (Å²) in [5.41, 5.74) is 0. The fourth-order valence-corrected chi connectivity index (χ4v) is 1.67. The maximum Gasteiger partial charge on any atom is 0.113 e. The van der Waals surface area contributed by atoms with Gasteiger partial charge >= 0.3 is 0 Å².